The van der Waals surface area contributed by atoms with Crippen LogP contribution in [0, 0.1) is 5.92 Å². The van der Waals surface area contributed by atoms with Crippen LogP contribution in [0.5, 0.6) is 0 Å². The highest BCUT2D eigenvalue weighted by molar-refractivity contribution is 5.77. The minimum Gasteiger partial charge on any atom is -0.345 e. The maximum atomic E-state index is 12.0. The molecule has 1 saturated carbocycles. The summed E-state index contributed by atoms with van der Waals surface area (Å²) in [5, 5.41) is 0. The van der Waals surface area contributed by atoms with Crippen molar-refractivity contribution in [2.75, 3.05) is 13.6 Å². The highest BCUT2D eigenvalue weighted by Gasteiger charge is 2.32. The molecule has 0 spiro atoms. The molecular weight excluding hydrogens is 200 g/mol. The molecule has 94 valence electrons. The molecule has 0 aromatic rings. The van der Waals surface area contributed by atoms with Crippen molar-refractivity contribution in [3.05, 3.63) is 0 Å². The minimum absolute atomic E-state index is 0.208. The molecule has 0 bridgehead atoms. The lowest BCUT2D eigenvalue weighted by Gasteiger charge is -2.27. The zero-order valence-corrected chi connectivity index (χ0v) is 11.0. The first-order valence-electron chi connectivity index (χ1n) is 6.50. The van der Waals surface area contributed by atoms with Crippen LogP contribution in [0.4, 0.5) is 0 Å². The Bertz CT molecular complexity index is 234. The van der Waals surface area contributed by atoms with Gasteiger partial charge in [0.15, 0.2) is 0 Å². The summed E-state index contributed by atoms with van der Waals surface area (Å²) in [5.74, 6) is 0.788. The zero-order chi connectivity index (χ0) is 12.2. The third kappa shape index (κ3) is 3.78. The van der Waals surface area contributed by atoms with Crippen molar-refractivity contribution in [1.82, 2.24) is 4.90 Å². The Kier molecular flexibility index (Phi) is 4.78. The van der Waals surface area contributed by atoms with E-state index in [0.29, 0.717) is 12.3 Å². The monoisotopic (exact) mass is 226 g/mol. The maximum absolute atomic E-state index is 12.0. The summed E-state index contributed by atoms with van der Waals surface area (Å²) in [7, 11) is 1.90. The Labute approximate surface area is 99.4 Å². The van der Waals surface area contributed by atoms with Crippen LogP contribution in [0.15, 0.2) is 0 Å². The van der Waals surface area contributed by atoms with Gasteiger partial charge in [0.1, 0.15) is 0 Å². The predicted octanol–water partition coefficient (Wildman–Crippen LogP) is 2.15. The standard InChI is InChI=1S/C13H26N2O/c1-4-11(2)10-15(3)12(16)9-13(14)7-5-6-8-13/h11H,4-10,14H2,1-3H3. The molecule has 0 radical (unpaired) electrons. The number of hydrogen-bond donors (Lipinski definition) is 1. The van der Waals surface area contributed by atoms with Crippen molar-refractivity contribution < 1.29 is 4.79 Å². The number of rotatable bonds is 5. The lowest BCUT2D eigenvalue weighted by atomic mass is 9.94. The first-order chi connectivity index (χ1) is 7.47. The van der Waals surface area contributed by atoms with Gasteiger partial charge in [-0.25, -0.2) is 0 Å². The molecular formula is C13H26N2O. The molecule has 1 unspecified atom stereocenters. The molecule has 1 rings (SSSR count). The maximum Gasteiger partial charge on any atom is 0.224 e. The fraction of sp³-hybridized carbons (Fsp3) is 0.923. The second kappa shape index (κ2) is 5.67. The molecule has 1 aliphatic rings. The van der Waals surface area contributed by atoms with Gasteiger partial charge in [-0.1, -0.05) is 33.1 Å². The fourth-order valence-corrected chi connectivity index (χ4v) is 2.39. The number of hydrogen-bond acceptors (Lipinski definition) is 2. The molecule has 0 heterocycles. The van der Waals surface area contributed by atoms with Crippen molar-refractivity contribution >= 4 is 5.91 Å². The Morgan fingerprint density at radius 1 is 1.44 bits per heavy atom. The molecule has 1 aliphatic carbocycles. The van der Waals surface area contributed by atoms with Crippen LogP contribution in [-0.4, -0.2) is 29.9 Å². The summed E-state index contributed by atoms with van der Waals surface area (Å²) in [6, 6.07) is 0. The van der Waals surface area contributed by atoms with Gasteiger partial charge in [-0.2, -0.15) is 0 Å². The van der Waals surface area contributed by atoms with Gasteiger partial charge in [0.2, 0.25) is 5.91 Å². The average molecular weight is 226 g/mol. The lowest BCUT2D eigenvalue weighted by molar-refractivity contribution is -0.131. The lowest BCUT2D eigenvalue weighted by Crippen LogP contribution is -2.43. The number of carbonyl (C=O) groups is 1. The van der Waals surface area contributed by atoms with Gasteiger partial charge in [-0.3, -0.25) is 4.79 Å². The molecule has 1 atom stereocenters. The largest absolute Gasteiger partial charge is 0.345 e. The van der Waals surface area contributed by atoms with Crippen LogP contribution in [-0.2, 0) is 4.79 Å². The van der Waals surface area contributed by atoms with E-state index in [1.165, 1.54) is 12.8 Å². The van der Waals surface area contributed by atoms with Crippen LogP contribution in [0.1, 0.15) is 52.4 Å². The summed E-state index contributed by atoms with van der Waals surface area (Å²) < 4.78 is 0. The number of carbonyl (C=O) groups excluding carboxylic acids is 1. The molecule has 0 aromatic carbocycles. The van der Waals surface area contributed by atoms with Crippen molar-refractivity contribution in [1.29, 1.82) is 0 Å². The number of amides is 1. The Balaban J connectivity index is 2.39. The molecule has 0 aliphatic heterocycles. The highest BCUT2D eigenvalue weighted by atomic mass is 16.2. The summed E-state index contributed by atoms with van der Waals surface area (Å²) in [6.45, 7) is 5.19. The molecule has 2 N–H and O–H groups in total. The molecule has 3 heteroatoms. The summed E-state index contributed by atoms with van der Waals surface area (Å²) >= 11 is 0. The van der Waals surface area contributed by atoms with E-state index in [9.17, 15) is 4.79 Å². The SMILES string of the molecule is CCC(C)CN(C)C(=O)CC1(N)CCCC1. The third-order valence-corrected chi connectivity index (χ3v) is 3.81. The predicted molar refractivity (Wildman–Crippen MR) is 67.1 cm³/mol. The quantitative estimate of drug-likeness (QED) is 0.781. The molecule has 1 amide bonds. The van der Waals surface area contributed by atoms with E-state index in [1.807, 2.05) is 11.9 Å². The van der Waals surface area contributed by atoms with Crippen molar-refractivity contribution in [3.63, 3.8) is 0 Å². The Morgan fingerprint density at radius 2 is 2.00 bits per heavy atom. The number of nitrogens with zero attached hydrogens (tertiary/aromatic N) is 1. The van der Waals surface area contributed by atoms with Crippen molar-refractivity contribution in [2.45, 2.75) is 57.9 Å². The van der Waals surface area contributed by atoms with E-state index in [2.05, 4.69) is 13.8 Å². The van der Waals surface area contributed by atoms with Gasteiger partial charge in [-0.15, -0.1) is 0 Å². The van der Waals surface area contributed by atoms with Gasteiger partial charge in [0.05, 0.1) is 0 Å². The molecule has 16 heavy (non-hydrogen) atoms. The molecule has 0 aromatic heterocycles. The van der Waals surface area contributed by atoms with E-state index in [4.69, 9.17) is 5.73 Å². The van der Waals surface area contributed by atoms with E-state index in [-0.39, 0.29) is 11.4 Å². The van der Waals surface area contributed by atoms with E-state index >= 15 is 0 Å². The van der Waals surface area contributed by atoms with Crippen LogP contribution in [0.2, 0.25) is 0 Å². The molecule has 3 nitrogen and oxygen atoms in total. The Morgan fingerprint density at radius 3 is 2.50 bits per heavy atom. The van der Waals surface area contributed by atoms with Crippen molar-refractivity contribution in [3.8, 4) is 0 Å². The molecule has 0 saturated heterocycles. The van der Waals surface area contributed by atoms with Crippen LogP contribution < -0.4 is 5.73 Å². The third-order valence-electron chi connectivity index (χ3n) is 3.81. The van der Waals surface area contributed by atoms with Gasteiger partial charge in [-0.05, 0) is 18.8 Å². The summed E-state index contributed by atoms with van der Waals surface area (Å²) in [6.07, 6.45) is 6.02. The average Bonchev–Trinajstić information content (AvgIpc) is 2.64. The second-order valence-corrected chi connectivity index (χ2v) is 5.53. The zero-order valence-electron chi connectivity index (χ0n) is 11.0. The van der Waals surface area contributed by atoms with E-state index < -0.39 is 0 Å². The van der Waals surface area contributed by atoms with Gasteiger partial charge in [0, 0.05) is 25.6 Å². The second-order valence-electron chi connectivity index (χ2n) is 5.53. The first kappa shape index (κ1) is 13.5. The van der Waals surface area contributed by atoms with Gasteiger partial charge < -0.3 is 10.6 Å². The van der Waals surface area contributed by atoms with Crippen LogP contribution in [0.3, 0.4) is 0 Å². The highest BCUT2D eigenvalue weighted by Crippen LogP contribution is 2.30. The fourth-order valence-electron chi connectivity index (χ4n) is 2.39. The number of nitrogens with two attached hydrogens (primary N) is 1. The first-order valence-corrected chi connectivity index (χ1v) is 6.50. The van der Waals surface area contributed by atoms with E-state index in [0.717, 1.165) is 25.8 Å². The molecule has 1 fully saturated rings. The summed E-state index contributed by atoms with van der Waals surface area (Å²) in [5.41, 5.74) is 6.01. The van der Waals surface area contributed by atoms with E-state index in [1.54, 1.807) is 0 Å². The van der Waals surface area contributed by atoms with Crippen LogP contribution >= 0.6 is 0 Å². The smallest absolute Gasteiger partial charge is 0.224 e. The summed E-state index contributed by atoms with van der Waals surface area (Å²) in [4.78, 5) is 13.8. The normalized spacial score (nSPS) is 20.8. The van der Waals surface area contributed by atoms with Gasteiger partial charge >= 0.3 is 0 Å². The van der Waals surface area contributed by atoms with Gasteiger partial charge in [0.25, 0.3) is 0 Å². The van der Waals surface area contributed by atoms with Crippen molar-refractivity contribution in [2.24, 2.45) is 11.7 Å². The Hall–Kier alpha value is -0.570. The minimum atomic E-state index is -0.208. The topological polar surface area (TPSA) is 46.3 Å². The van der Waals surface area contributed by atoms with Crippen LogP contribution in [0.25, 0.3) is 0 Å².